The van der Waals surface area contributed by atoms with Crippen LogP contribution in [0.4, 0.5) is 0 Å². The lowest BCUT2D eigenvalue weighted by Crippen LogP contribution is -2.11. The van der Waals surface area contributed by atoms with E-state index in [4.69, 9.17) is 0 Å². The molecule has 0 amide bonds. The molecule has 1 unspecified atom stereocenters. The Labute approximate surface area is 69.1 Å². The van der Waals surface area contributed by atoms with Crippen molar-refractivity contribution in [3.05, 3.63) is 30.3 Å². The maximum atomic E-state index is 11.4. The Balaban J connectivity index is 2.15. The fourth-order valence-corrected chi connectivity index (χ4v) is 1.99. The van der Waals surface area contributed by atoms with Gasteiger partial charge in [-0.25, -0.2) is 0 Å². The molecule has 1 fully saturated rings. The summed E-state index contributed by atoms with van der Waals surface area (Å²) in [5.74, 6) is 0. The van der Waals surface area contributed by atoms with Gasteiger partial charge in [0.1, 0.15) is 0 Å². The number of benzene rings is 1. The predicted octanol–water partition coefficient (Wildman–Crippen LogP) is 1.02. The van der Waals surface area contributed by atoms with E-state index in [1.807, 2.05) is 34.6 Å². The molecule has 1 aliphatic heterocycles. The van der Waals surface area contributed by atoms with Crippen LogP contribution >= 0.6 is 0 Å². The molecule has 3 heteroatoms. The van der Waals surface area contributed by atoms with E-state index in [0.717, 1.165) is 18.0 Å². The van der Waals surface area contributed by atoms with Crippen molar-refractivity contribution < 1.29 is 4.55 Å². The van der Waals surface area contributed by atoms with E-state index in [-0.39, 0.29) is 0 Å². The van der Waals surface area contributed by atoms with Crippen molar-refractivity contribution in [3.63, 3.8) is 0 Å². The van der Waals surface area contributed by atoms with Gasteiger partial charge in [0.2, 0.25) is 0 Å². The molecule has 1 aliphatic rings. The van der Waals surface area contributed by atoms with Crippen LogP contribution in [0.5, 0.6) is 0 Å². The SMILES string of the molecule is [O-][S+](c1ccccc1)N1CC1. The first kappa shape index (κ1) is 7.16. The summed E-state index contributed by atoms with van der Waals surface area (Å²) < 4.78 is 13.4. The second kappa shape index (κ2) is 2.85. The standard InChI is InChI=1S/C8H9NOS/c10-11(9-6-7-9)8-4-2-1-3-5-8/h1-5H,6-7H2. The summed E-state index contributed by atoms with van der Waals surface area (Å²) in [6, 6.07) is 9.55. The summed E-state index contributed by atoms with van der Waals surface area (Å²) in [4.78, 5) is 0.907. The van der Waals surface area contributed by atoms with Gasteiger partial charge >= 0.3 is 0 Å². The van der Waals surface area contributed by atoms with Gasteiger partial charge in [-0.2, -0.15) is 0 Å². The summed E-state index contributed by atoms with van der Waals surface area (Å²) in [5, 5.41) is 0. The van der Waals surface area contributed by atoms with Crippen molar-refractivity contribution in [2.75, 3.05) is 13.1 Å². The highest BCUT2D eigenvalue weighted by Gasteiger charge is 2.32. The maximum Gasteiger partial charge on any atom is 0.174 e. The Morgan fingerprint density at radius 3 is 2.36 bits per heavy atom. The smallest absolute Gasteiger partial charge is 0.174 e. The first-order valence-corrected chi connectivity index (χ1v) is 4.70. The van der Waals surface area contributed by atoms with E-state index >= 15 is 0 Å². The van der Waals surface area contributed by atoms with Crippen LogP contribution in [0.2, 0.25) is 0 Å². The fraction of sp³-hybridized carbons (Fsp3) is 0.250. The van der Waals surface area contributed by atoms with Crippen LogP contribution in [0.3, 0.4) is 0 Å². The average Bonchev–Trinajstić information content (AvgIpc) is 2.87. The lowest BCUT2D eigenvalue weighted by atomic mass is 10.4. The molecule has 11 heavy (non-hydrogen) atoms. The first-order valence-electron chi connectivity index (χ1n) is 3.60. The second-order valence-electron chi connectivity index (χ2n) is 2.49. The van der Waals surface area contributed by atoms with Crippen LogP contribution in [0.1, 0.15) is 0 Å². The van der Waals surface area contributed by atoms with E-state index < -0.39 is 11.4 Å². The fourth-order valence-electron chi connectivity index (χ4n) is 0.893. The number of hydrogen-bond acceptors (Lipinski definition) is 2. The zero-order valence-electron chi connectivity index (χ0n) is 6.06. The molecule has 0 saturated carbocycles. The molecule has 0 spiro atoms. The molecule has 0 aliphatic carbocycles. The van der Waals surface area contributed by atoms with Crippen LogP contribution in [-0.2, 0) is 11.4 Å². The minimum Gasteiger partial charge on any atom is -0.593 e. The summed E-state index contributed by atoms with van der Waals surface area (Å²) in [7, 11) is 0. The molecular formula is C8H9NOS. The topological polar surface area (TPSA) is 26.1 Å². The molecule has 1 saturated heterocycles. The Morgan fingerprint density at radius 1 is 1.18 bits per heavy atom. The van der Waals surface area contributed by atoms with Gasteiger partial charge < -0.3 is 4.55 Å². The monoisotopic (exact) mass is 167 g/mol. The van der Waals surface area contributed by atoms with Gasteiger partial charge in [-0.05, 0) is 12.1 Å². The predicted molar refractivity (Wildman–Crippen MR) is 44.4 cm³/mol. The number of rotatable bonds is 2. The minimum atomic E-state index is -0.891. The molecule has 0 radical (unpaired) electrons. The van der Waals surface area contributed by atoms with E-state index in [1.54, 1.807) is 0 Å². The molecule has 0 N–H and O–H groups in total. The molecule has 1 atom stereocenters. The lowest BCUT2D eigenvalue weighted by Gasteiger charge is -2.07. The van der Waals surface area contributed by atoms with Gasteiger partial charge in [-0.3, -0.25) is 0 Å². The van der Waals surface area contributed by atoms with Gasteiger partial charge in [0.05, 0.1) is 24.5 Å². The van der Waals surface area contributed by atoms with Crippen LogP contribution in [0.15, 0.2) is 35.2 Å². The molecule has 2 rings (SSSR count). The highest BCUT2D eigenvalue weighted by Crippen LogP contribution is 2.20. The molecule has 58 valence electrons. The van der Waals surface area contributed by atoms with E-state index in [0.29, 0.717) is 0 Å². The molecule has 0 bridgehead atoms. The Kier molecular flexibility index (Phi) is 1.85. The van der Waals surface area contributed by atoms with Crippen LogP contribution < -0.4 is 0 Å². The number of nitrogens with zero attached hydrogens (tertiary/aromatic N) is 1. The molecular weight excluding hydrogens is 158 g/mol. The van der Waals surface area contributed by atoms with E-state index in [2.05, 4.69) is 0 Å². The highest BCUT2D eigenvalue weighted by molar-refractivity contribution is 7.89. The van der Waals surface area contributed by atoms with Gasteiger partial charge in [0, 0.05) is 0 Å². The van der Waals surface area contributed by atoms with E-state index in [9.17, 15) is 4.55 Å². The lowest BCUT2D eigenvalue weighted by molar-refractivity contribution is 0.562. The zero-order chi connectivity index (χ0) is 7.68. The van der Waals surface area contributed by atoms with Crippen molar-refractivity contribution in [2.45, 2.75) is 4.90 Å². The summed E-state index contributed by atoms with van der Waals surface area (Å²) in [5.41, 5.74) is 0. The quantitative estimate of drug-likeness (QED) is 0.485. The third-order valence-electron chi connectivity index (χ3n) is 1.59. The van der Waals surface area contributed by atoms with Crippen LogP contribution in [0.25, 0.3) is 0 Å². The minimum absolute atomic E-state index is 0.891. The van der Waals surface area contributed by atoms with Crippen molar-refractivity contribution >= 4 is 11.4 Å². The van der Waals surface area contributed by atoms with Crippen molar-refractivity contribution in [1.29, 1.82) is 0 Å². The van der Waals surface area contributed by atoms with Gasteiger partial charge in [-0.1, -0.05) is 18.2 Å². The summed E-state index contributed by atoms with van der Waals surface area (Å²) in [6.45, 7) is 1.95. The van der Waals surface area contributed by atoms with Crippen molar-refractivity contribution in [1.82, 2.24) is 4.31 Å². The van der Waals surface area contributed by atoms with Gasteiger partial charge in [-0.15, -0.1) is 4.31 Å². The van der Waals surface area contributed by atoms with Crippen molar-refractivity contribution in [2.24, 2.45) is 0 Å². The second-order valence-corrected chi connectivity index (χ2v) is 3.98. The Hall–Kier alpha value is -0.510. The van der Waals surface area contributed by atoms with Crippen LogP contribution in [-0.4, -0.2) is 21.9 Å². The number of hydrogen-bond donors (Lipinski definition) is 0. The first-order chi connectivity index (χ1) is 5.38. The largest absolute Gasteiger partial charge is 0.593 e. The normalized spacial score (nSPS) is 19.7. The highest BCUT2D eigenvalue weighted by atomic mass is 32.2. The third kappa shape index (κ3) is 1.56. The maximum absolute atomic E-state index is 11.4. The molecule has 1 heterocycles. The molecule has 2 nitrogen and oxygen atoms in total. The third-order valence-corrected chi connectivity index (χ3v) is 3.10. The Bertz CT molecular complexity index is 235. The molecule has 0 aromatic heterocycles. The molecule has 1 aromatic rings. The van der Waals surface area contributed by atoms with Crippen molar-refractivity contribution in [3.8, 4) is 0 Å². The average molecular weight is 167 g/mol. The zero-order valence-corrected chi connectivity index (χ0v) is 6.88. The Morgan fingerprint density at radius 2 is 1.82 bits per heavy atom. The van der Waals surface area contributed by atoms with Gasteiger partial charge in [0.15, 0.2) is 4.90 Å². The summed E-state index contributed by atoms with van der Waals surface area (Å²) >= 11 is -0.891. The van der Waals surface area contributed by atoms with Crippen LogP contribution in [0, 0.1) is 0 Å². The summed E-state index contributed by atoms with van der Waals surface area (Å²) in [6.07, 6.45) is 0. The molecule has 1 aromatic carbocycles. The van der Waals surface area contributed by atoms with E-state index in [1.165, 1.54) is 0 Å². The van der Waals surface area contributed by atoms with Gasteiger partial charge in [0.25, 0.3) is 0 Å².